The van der Waals surface area contributed by atoms with Crippen molar-refractivity contribution in [3.05, 3.63) is 34.9 Å². The maximum atomic E-state index is 11.2. The SMILES string of the molecule is CCOC(=O)C[C@@H](N)c1ccccc1Cl.Cl. The minimum Gasteiger partial charge on any atom is -0.466 e. The minimum atomic E-state index is -0.405. The van der Waals surface area contributed by atoms with E-state index in [1.807, 2.05) is 18.2 Å². The molecule has 0 heterocycles. The standard InChI is InChI=1S/C11H14ClNO2.ClH/c1-2-15-11(14)7-10(13)8-5-3-4-6-9(8)12;/h3-6,10H,2,7,13H2,1H3;1H/t10-;/m1./s1. The summed E-state index contributed by atoms with van der Waals surface area (Å²) in [6.07, 6.45) is 0.150. The summed E-state index contributed by atoms with van der Waals surface area (Å²) < 4.78 is 4.81. The van der Waals surface area contributed by atoms with Crippen LogP contribution < -0.4 is 5.73 Å². The number of benzene rings is 1. The second-order valence-electron chi connectivity index (χ2n) is 3.14. The number of hydrogen-bond acceptors (Lipinski definition) is 3. The number of halogens is 2. The summed E-state index contributed by atoms with van der Waals surface area (Å²) in [6, 6.07) is 6.82. The van der Waals surface area contributed by atoms with Crippen LogP contribution >= 0.6 is 24.0 Å². The van der Waals surface area contributed by atoms with Gasteiger partial charge in [-0.3, -0.25) is 4.79 Å². The summed E-state index contributed by atoms with van der Waals surface area (Å²) in [7, 11) is 0. The zero-order chi connectivity index (χ0) is 11.3. The topological polar surface area (TPSA) is 52.3 Å². The van der Waals surface area contributed by atoms with Gasteiger partial charge in [-0.05, 0) is 18.6 Å². The van der Waals surface area contributed by atoms with Gasteiger partial charge in [0.05, 0.1) is 13.0 Å². The third-order valence-electron chi connectivity index (χ3n) is 2.00. The summed E-state index contributed by atoms with van der Waals surface area (Å²) in [5.74, 6) is -0.301. The highest BCUT2D eigenvalue weighted by Gasteiger charge is 2.14. The molecule has 90 valence electrons. The lowest BCUT2D eigenvalue weighted by atomic mass is 10.1. The lowest BCUT2D eigenvalue weighted by Gasteiger charge is -2.12. The molecule has 0 aliphatic heterocycles. The Morgan fingerprint density at radius 1 is 1.50 bits per heavy atom. The average Bonchev–Trinajstić information content (AvgIpc) is 2.18. The Labute approximate surface area is 106 Å². The first-order valence-electron chi connectivity index (χ1n) is 4.80. The summed E-state index contributed by atoms with van der Waals surface area (Å²) in [5, 5.41) is 0.578. The van der Waals surface area contributed by atoms with Crippen LogP contribution in [-0.2, 0) is 9.53 Å². The molecule has 0 aromatic heterocycles. The number of ether oxygens (including phenoxy) is 1. The summed E-state index contributed by atoms with van der Waals surface area (Å²) in [6.45, 7) is 2.13. The number of nitrogens with two attached hydrogens (primary N) is 1. The van der Waals surface area contributed by atoms with Crippen LogP contribution in [-0.4, -0.2) is 12.6 Å². The van der Waals surface area contributed by atoms with Crippen LogP contribution in [0.4, 0.5) is 0 Å². The van der Waals surface area contributed by atoms with Gasteiger partial charge in [0, 0.05) is 11.1 Å². The highest BCUT2D eigenvalue weighted by molar-refractivity contribution is 6.31. The van der Waals surface area contributed by atoms with Gasteiger partial charge in [-0.15, -0.1) is 12.4 Å². The second-order valence-corrected chi connectivity index (χ2v) is 3.54. The van der Waals surface area contributed by atoms with Crippen molar-refractivity contribution in [3.63, 3.8) is 0 Å². The smallest absolute Gasteiger partial charge is 0.307 e. The van der Waals surface area contributed by atoms with Gasteiger partial charge >= 0.3 is 5.97 Å². The fourth-order valence-corrected chi connectivity index (χ4v) is 1.56. The van der Waals surface area contributed by atoms with Gasteiger partial charge in [0.2, 0.25) is 0 Å². The van der Waals surface area contributed by atoms with E-state index in [1.165, 1.54) is 0 Å². The van der Waals surface area contributed by atoms with Crippen LogP contribution in [0.5, 0.6) is 0 Å². The van der Waals surface area contributed by atoms with Crippen LogP contribution in [0.2, 0.25) is 5.02 Å². The zero-order valence-electron chi connectivity index (χ0n) is 8.98. The molecule has 0 spiro atoms. The molecule has 0 saturated heterocycles. The molecular weight excluding hydrogens is 249 g/mol. The molecule has 0 bridgehead atoms. The third kappa shape index (κ3) is 4.39. The van der Waals surface area contributed by atoms with Crippen LogP contribution in [0.15, 0.2) is 24.3 Å². The third-order valence-corrected chi connectivity index (χ3v) is 2.34. The van der Waals surface area contributed by atoms with Gasteiger partial charge in [0.25, 0.3) is 0 Å². The van der Waals surface area contributed by atoms with Crippen molar-refractivity contribution >= 4 is 30.0 Å². The van der Waals surface area contributed by atoms with E-state index in [0.717, 1.165) is 5.56 Å². The van der Waals surface area contributed by atoms with E-state index < -0.39 is 6.04 Å². The van der Waals surface area contributed by atoms with Crippen molar-refractivity contribution < 1.29 is 9.53 Å². The number of rotatable bonds is 4. The molecule has 0 radical (unpaired) electrons. The molecular formula is C11H15Cl2NO2. The van der Waals surface area contributed by atoms with E-state index in [2.05, 4.69) is 0 Å². The van der Waals surface area contributed by atoms with Crippen molar-refractivity contribution in [2.24, 2.45) is 5.73 Å². The lowest BCUT2D eigenvalue weighted by Crippen LogP contribution is -2.17. The summed E-state index contributed by atoms with van der Waals surface area (Å²) in [5.41, 5.74) is 6.61. The van der Waals surface area contributed by atoms with Crippen molar-refractivity contribution in [1.29, 1.82) is 0 Å². The fourth-order valence-electron chi connectivity index (χ4n) is 1.29. The van der Waals surface area contributed by atoms with Crippen molar-refractivity contribution in [2.45, 2.75) is 19.4 Å². The van der Waals surface area contributed by atoms with E-state index >= 15 is 0 Å². The maximum absolute atomic E-state index is 11.2. The predicted octanol–water partition coefficient (Wildman–Crippen LogP) is 2.71. The lowest BCUT2D eigenvalue weighted by molar-refractivity contribution is -0.143. The first-order chi connectivity index (χ1) is 7.15. The molecule has 0 saturated carbocycles. The highest BCUT2D eigenvalue weighted by Crippen LogP contribution is 2.23. The fraction of sp³-hybridized carbons (Fsp3) is 0.364. The first-order valence-corrected chi connectivity index (χ1v) is 5.18. The molecule has 1 aromatic carbocycles. The number of carbonyl (C=O) groups is 1. The minimum absolute atomic E-state index is 0. The van der Waals surface area contributed by atoms with Gasteiger partial charge < -0.3 is 10.5 Å². The van der Waals surface area contributed by atoms with Gasteiger partial charge in [-0.1, -0.05) is 29.8 Å². The molecule has 1 aromatic rings. The predicted molar refractivity (Wildman–Crippen MR) is 66.9 cm³/mol. The molecule has 0 aliphatic rings. The van der Waals surface area contributed by atoms with Crippen LogP contribution in [0.3, 0.4) is 0 Å². The largest absolute Gasteiger partial charge is 0.466 e. The molecule has 5 heteroatoms. The molecule has 0 aliphatic carbocycles. The van der Waals surface area contributed by atoms with Crippen molar-refractivity contribution in [3.8, 4) is 0 Å². The van der Waals surface area contributed by atoms with Crippen LogP contribution in [0.1, 0.15) is 24.9 Å². The molecule has 3 nitrogen and oxygen atoms in total. The average molecular weight is 264 g/mol. The quantitative estimate of drug-likeness (QED) is 0.850. The van der Waals surface area contributed by atoms with Gasteiger partial charge in [-0.2, -0.15) is 0 Å². The van der Waals surface area contributed by atoms with Crippen molar-refractivity contribution in [1.82, 2.24) is 0 Å². The van der Waals surface area contributed by atoms with Gasteiger partial charge in [0.15, 0.2) is 0 Å². The molecule has 0 amide bonds. The van der Waals surface area contributed by atoms with E-state index in [4.69, 9.17) is 22.1 Å². The van der Waals surface area contributed by atoms with Crippen LogP contribution in [0, 0.1) is 0 Å². The molecule has 1 rings (SSSR count). The van der Waals surface area contributed by atoms with E-state index in [9.17, 15) is 4.79 Å². The molecule has 2 N–H and O–H groups in total. The van der Waals surface area contributed by atoms with Crippen molar-refractivity contribution in [2.75, 3.05) is 6.61 Å². The van der Waals surface area contributed by atoms with Gasteiger partial charge in [-0.25, -0.2) is 0 Å². The Balaban J connectivity index is 0.00000225. The maximum Gasteiger partial charge on any atom is 0.307 e. The van der Waals surface area contributed by atoms with E-state index in [-0.39, 0.29) is 24.8 Å². The first kappa shape index (κ1) is 15.2. The van der Waals surface area contributed by atoms with E-state index in [0.29, 0.717) is 11.6 Å². The zero-order valence-corrected chi connectivity index (χ0v) is 10.6. The normalized spacial score (nSPS) is 11.4. The summed E-state index contributed by atoms with van der Waals surface area (Å²) in [4.78, 5) is 11.2. The Bertz CT molecular complexity index is 345. The monoisotopic (exact) mass is 263 g/mol. The van der Waals surface area contributed by atoms with Gasteiger partial charge in [0.1, 0.15) is 0 Å². The molecule has 0 fully saturated rings. The van der Waals surface area contributed by atoms with E-state index in [1.54, 1.807) is 13.0 Å². The Morgan fingerprint density at radius 2 is 2.12 bits per heavy atom. The molecule has 16 heavy (non-hydrogen) atoms. The molecule has 1 atom stereocenters. The Morgan fingerprint density at radius 3 is 2.69 bits per heavy atom. The number of hydrogen-bond donors (Lipinski definition) is 1. The number of esters is 1. The molecule has 0 unspecified atom stereocenters. The highest BCUT2D eigenvalue weighted by atomic mass is 35.5. The second kappa shape index (κ2) is 7.49. The number of carbonyl (C=O) groups excluding carboxylic acids is 1. The Kier molecular flexibility index (Phi) is 7.13. The van der Waals surface area contributed by atoms with Crippen LogP contribution in [0.25, 0.3) is 0 Å². The summed E-state index contributed by atoms with van der Waals surface area (Å²) >= 11 is 5.95. The Hall–Kier alpha value is -0.770.